The van der Waals surface area contributed by atoms with Crippen LogP contribution in [0.1, 0.15) is 86.6 Å². The van der Waals surface area contributed by atoms with Crippen LogP contribution in [0.4, 0.5) is 0 Å². The average molecular weight is 734 g/mol. The van der Waals surface area contributed by atoms with E-state index in [1.807, 2.05) is 63.2 Å². The van der Waals surface area contributed by atoms with Crippen molar-refractivity contribution in [2.45, 2.75) is 142 Å². The van der Waals surface area contributed by atoms with E-state index in [0.717, 1.165) is 5.56 Å². The lowest BCUT2D eigenvalue weighted by Gasteiger charge is -2.47. The van der Waals surface area contributed by atoms with E-state index in [1.54, 1.807) is 27.7 Å². The second kappa shape index (κ2) is 18.5. The summed E-state index contributed by atoms with van der Waals surface area (Å²) in [7, 11) is 5.22. The molecule has 4 N–H and O–H groups in total. The standard InChI is InChI=1S/C39H63N3O10/c1-12-29-39(8,48)34(46)24(4)31(41-40-30(43)19-18-27-16-14-13-15-17-27)22(2)21-38(7,49-11)35(25(5)32(44)26(6)36(47)51-29)52-37-33(45)28(42(9)10)20-23(3)50-37/h13-17,22-26,28-29,33-35,37,45-46,48H,12,18-21H2,1-11H3,(H,40,43)/b41-31+/t22-,23?,24+,25+,26-,28?,29-,33?,34-,35-,37?,38-,39-/m1/s1. The Balaban J connectivity index is 2.11. The van der Waals surface area contributed by atoms with E-state index in [2.05, 4.69) is 10.5 Å². The lowest BCUT2D eigenvalue weighted by molar-refractivity contribution is -0.295. The number of aliphatic hydroxyl groups excluding tert-OH is 2. The van der Waals surface area contributed by atoms with Gasteiger partial charge in [0.15, 0.2) is 12.1 Å². The van der Waals surface area contributed by atoms with Crippen molar-refractivity contribution in [2.24, 2.45) is 28.8 Å². The zero-order valence-corrected chi connectivity index (χ0v) is 32.9. The van der Waals surface area contributed by atoms with Crippen molar-refractivity contribution in [3.05, 3.63) is 35.9 Å². The summed E-state index contributed by atoms with van der Waals surface area (Å²) >= 11 is 0. The van der Waals surface area contributed by atoms with Crippen molar-refractivity contribution in [1.29, 1.82) is 0 Å². The van der Waals surface area contributed by atoms with Gasteiger partial charge in [0.1, 0.15) is 23.7 Å². The molecule has 1 amide bonds. The predicted octanol–water partition coefficient (Wildman–Crippen LogP) is 3.26. The number of Topliss-reactive ketones (excluding diaryl/α,β-unsaturated/α-hetero) is 1. The summed E-state index contributed by atoms with van der Waals surface area (Å²) in [4.78, 5) is 42.6. The number of aryl methyl sites for hydroxylation is 1. The van der Waals surface area contributed by atoms with Crippen LogP contribution < -0.4 is 5.43 Å². The zero-order valence-electron chi connectivity index (χ0n) is 32.9. The van der Waals surface area contributed by atoms with Crippen LogP contribution in [0, 0.1) is 23.7 Å². The molecule has 2 fully saturated rings. The smallest absolute Gasteiger partial charge is 0.316 e. The molecule has 3 rings (SSSR count). The molecule has 1 aromatic carbocycles. The second-order valence-electron chi connectivity index (χ2n) is 15.5. The summed E-state index contributed by atoms with van der Waals surface area (Å²) in [5, 5.41) is 39.4. The third-order valence-corrected chi connectivity index (χ3v) is 11.1. The number of aliphatic hydroxyl groups is 3. The number of cyclic esters (lactones) is 1. The summed E-state index contributed by atoms with van der Waals surface area (Å²) in [6, 6.07) is 9.30. The van der Waals surface area contributed by atoms with Gasteiger partial charge in [0.05, 0.1) is 23.9 Å². The first-order chi connectivity index (χ1) is 24.3. The highest BCUT2D eigenvalue weighted by molar-refractivity contribution is 6.00. The van der Waals surface area contributed by atoms with Crippen molar-refractivity contribution in [2.75, 3.05) is 21.2 Å². The van der Waals surface area contributed by atoms with Crippen LogP contribution in [0.15, 0.2) is 35.4 Å². The van der Waals surface area contributed by atoms with Gasteiger partial charge in [0.25, 0.3) is 0 Å². The van der Waals surface area contributed by atoms with Crippen molar-refractivity contribution in [3.63, 3.8) is 0 Å². The van der Waals surface area contributed by atoms with Crippen molar-refractivity contribution >= 4 is 23.4 Å². The van der Waals surface area contributed by atoms with E-state index in [9.17, 15) is 29.7 Å². The number of ether oxygens (including phenoxy) is 4. The van der Waals surface area contributed by atoms with Gasteiger partial charge in [-0.15, -0.1) is 0 Å². The van der Waals surface area contributed by atoms with Crippen molar-refractivity contribution in [3.8, 4) is 0 Å². The SMILES string of the molecule is CC[C@H]1OC(=O)[C@H](C)C(=O)[C@H](C)[C@@H](OC2OC(C)CC(N(C)C)C2O)[C@](C)(OC)C[C@@H](C)/C(=N\NC(=O)CCc2ccccc2)[C@H](C)[C@@H](O)[C@]1(C)O. The monoisotopic (exact) mass is 733 g/mol. The highest BCUT2D eigenvalue weighted by Gasteiger charge is 2.51. The fourth-order valence-electron chi connectivity index (χ4n) is 7.74. The number of nitrogens with one attached hydrogen (secondary N) is 1. The van der Waals surface area contributed by atoms with Crippen molar-refractivity contribution in [1.82, 2.24) is 10.3 Å². The number of likely N-dealkylation sites (N-methyl/N-ethyl adjacent to an activating group) is 1. The number of nitrogens with zero attached hydrogens (tertiary/aromatic N) is 2. The van der Waals surface area contributed by atoms with Gasteiger partial charge < -0.3 is 39.2 Å². The van der Waals surface area contributed by atoms with Crippen LogP contribution in [0.2, 0.25) is 0 Å². The van der Waals surface area contributed by atoms with Crippen molar-refractivity contribution < 1.29 is 48.7 Å². The maximum atomic E-state index is 14.1. The fourth-order valence-corrected chi connectivity index (χ4v) is 7.74. The summed E-state index contributed by atoms with van der Waals surface area (Å²) in [5.74, 6) is -5.28. The molecule has 52 heavy (non-hydrogen) atoms. The Labute approximate surface area is 309 Å². The molecule has 0 radical (unpaired) electrons. The highest BCUT2D eigenvalue weighted by atomic mass is 16.7. The summed E-state index contributed by atoms with van der Waals surface area (Å²) in [5.41, 5.74) is 0.780. The molecule has 2 heterocycles. The quantitative estimate of drug-likeness (QED) is 0.167. The number of ketones is 1. The molecule has 2 aliphatic heterocycles. The summed E-state index contributed by atoms with van der Waals surface area (Å²) in [6.45, 7) is 13.4. The van der Waals surface area contributed by atoms with Crippen LogP contribution in [0.5, 0.6) is 0 Å². The Morgan fingerprint density at radius 3 is 2.27 bits per heavy atom. The number of carbonyl (C=O) groups is 3. The number of esters is 1. The van der Waals surface area contributed by atoms with Crippen LogP contribution in [-0.4, -0.2) is 119 Å². The van der Waals surface area contributed by atoms with Crippen LogP contribution in [-0.2, 0) is 39.8 Å². The second-order valence-corrected chi connectivity index (χ2v) is 15.5. The minimum absolute atomic E-state index is 0.146. The van der Waals surface area contributed by atoms with Gasteiger partial charge in [-0.25, -0.2) is 5.43 Å². The zero-order chi connectivity index (χ0) is 39.1. The molecule has 0 bridgehead atoms. The average Bonchev–Trinajstić information content (AvgIpc) is 3.11. The summed E-state index contributed by atoms with van der Waals surface area (Å²) in [6.07, 6.45) is -4.65. The number of amides is 1. The Bertz CT molecular complexity index is 1370. The molecule has 294 valence electrons. The van der Waals surface area contributed by atoms with Gasteiger partial charge in [-0.3, -0.25) is 14.4 Å². The maximum Gasteiger partial charge on any atom is 0.316 e. The molecule has 13 heteroatoms. The van der Waals surface area contributed by atoms with Gasteiger partial charge in [0, 0.05) is 37.1 Å². The third-order valence-electron chi connectivity index (χ3n) is 11.1. The minimum Gasteiger partial charge on any atom is -0.459 e. The lowest BCUT2D eigenvalue weighted by Crippen LogP contribution is -2.60. The molecule has 4 unspecified atom stereocenters. The highest BCUT2D eigenvalue weighted by Crippen LogP contribution is 2.38. The normalized spacial score (nSPS) is 39.2. The number of methoxy groups -OCH3 is 1. The van der Waals surface area contributed by atoms with Gasteiger partial charge in [-0.05, 0) is 79.0 Å². The summed E-state index contributed by atoms with van der Waals surface area (Å²) < 4.78 is 24.7. The molecule has 13 nitrogen and oxygen atoms in total. The Morgan fingerprint density at radius 2 is 1.69 bits per heavy atom. The lowest BCUT2D eigenvalue weighted by atomic mass is 9.74. The van der Waals surface area contributed by atoms with Crippen LogP contribution >= 0.6 is 0 Å². The van der Waals surface area contributed by atoms with E-state index < -0.39 is 77.3 Å². The predicted molar refractivity (Wildman–Crippen MR) is 196 cm³/mol. The molecular formula is C39H63N3O10. The van der Waals surface area contributed by atoms with Gasteiger partial charge in [-0.2, -0.15) is 5.10 Å². The fraction of sp³-hybridized carbons (Fsp3) is 0.744. The Kier molecular flexibility index (Phi) is 15.5. The molecule has 0 aromatic heterocycles. The third kappa shape index (κ3) is 10.2. The first-order valence-corrected chi connectivity index (χ1v) is 18.5. The molecule has 13 atom stereocenters. The molecule has 2 saturated heterocycles. The van der Waals surface area contributed by atoms with Gasteiger partial charge in [0.2, 0.25) is 5.91 Å². The number of benzene rings is 1. The first-order valence-electron chi connectivity index (χ1n) is 18.5. The topological polar surface area (TPSA) is 176 Å². The largest absolute Gasteiger partial charge is 0.459 e. The molecule has 2 aliphatic rings. The molecule has 1 aromatic rings. The number of hydrogen-bond donors (Lipinski definition) is 4. The Morgan fingerprint density at radius 1 is 1.06 bits per heavy atom. The van der Waals surface area contributed by atoms with E-state index in [0.29, 0.717) is 18.6 Å². The number of hydrazone groups is 1. The van der Waals surface area contributed by atoms with Crippen LogP contribution in [0.25, 0.3) is 0 Å². The minimum atomic E-state index is -1.95. The molecular weight excluding hydrogens is 670 g/mol. The number of rotatable bonds is 9. The van der Waals surface area contributed by atoms with Gasteiger partial charge >= 0.3 is 5.97 Å². The van der Waals surface area contributed by atoms with E-state index in [1.165, 1.54) is 21.0 Å². The number of hydrogen-bond acceptors (Lipinski definition) is 12. The van der Waals surface area contributed by atoms with E-state index in [-0.39, 0.29) is 37.3 Å². The Hall–Kier alpha value is -2.78. The number of carbonyl (C=O) groups excluding carboxylic acids is 3. The van der Waals surface area contributed by atoms with E-state index >= 15 is 0 Å². The maximum absolute atomic E-state index is 14.1. The molecule has 0 saturated carbocycles. The van der Waals surface area contributed by atoms with Crippen LogP contribution in [0.3, 0.4) is 0 Å². The first kappa shape index (κ1) is 43.6. The molecule has 0 aliphatic carbocycles. The van der Waals surface area contributed by atoms with E-state index in [4.69, 9.17) is 18.9 Å². The molecule has 0 spiro atoms. The van der Waals surface area contributed by atoms with Gasteiger partial charge in [-0.1, -0.05) is 58.0 Å².